The molecule has 0 bridgehead atoms. The van der Waals surface area contributed by atoms with E-state index in [1.165, 1.54) is 6.42 Å². The first-order valence-corrected chi connectivity index (χ1v) is 12.4. The van der Waals surface area contributed by atoms with E-state index in [1.54, 1.807) is 23.3 Å². The lowest BCUT2D eigenvalue weighted by molar-refractivity contribution is -0.142. The molecule has 1 aliphatic carbocycles. The molecule has 4 aromatic rings. The van der Waals surface area contributed by atoms with Crippen LogP contribution in [0.4, 0.5) is 0 Å². The number of carbonyl (C=O) groups is 2. The van der Waals surface area contributed by atoms with E-state index in [0.717, 1.165) is 47.7 Å². The van der Waals surface area contributed by atoms with Gasteiger partial charge in [0.05, 0.1) is 12.7 Å². The van der Waals surface area contributed by atoms with Crippen molar-refractivity contribution >= 4 is 22.7 Å². The van der Waals surface area contributed by atoms with Gasteiger partial charge in [0.25, 0.3) is 5.91 Å². The molecule has 2 heterocycles. The minimum absolute atomic E-state index is 0.126. The molecule has 2 N–H and O–H groups in total. The Kier molecular flexibility index (Phi) is 6.98. The van der Waals surface area contributed by atoms with Gasteiger partial charge in [0.1, 0.15) is 5.76 Å². The number of rotatable bonds is 8. The Bertz CT molecular complexity index is 1260. The zero-order chi connectivity index (χ0) is 24.0. The number of aromatic nitrogens is 1. The summed E-state index contributed by atoms with van der Waals surface area (Å²) < 4.78 is 5.72. The summed E-state index contributed by atoms with van der Waals surface area (Å²) in [6.45, 7) is 0.311. The van der Waals surface area contributed by atoms with Gasteiger partial charge in [-0.3, -0.25) is 9.59 Å². The molecule has 1 atom stereocenters. The lowest BCUT2D eigenvalue weighted by Gasteiger charge is -2.32. The van der Waals surface area contributed by atoms with Crippen LogP contribution < -0.4 is 5.32 Å². The van der Waals surface area contributed by atoms with Crippen molar-refractivity contribution in [2.75, 3.05) is 0 Å². The predicted octanol–water partition coefficient (Wildman–Crippen LogP) is 5.52. The third-order valence-electron chi connectivity index (χ3n) is 6.86. The summed E-state index contributed by atoms with van der Waals surface area (Å²) in [5, 5.41) is 4.23. The highest BCUT2D eigenvalue weighted by molar-refractivity contribution is 5.92. The molecule has 0 aliphatic heterocycles. The number of para-hydroxylation sites is 1. The standard InChI is InChI=1S/C29H31N3O3/c33-27(18-22-19-30-25-15-8-7-14-24(22)25)32(20-21-10-3-1-4-11-21)28(26-16-9-17-35-26)29(34)31-23-12-5-2-6-13-23/h1,3-4,7-11,14-17,19,23,28,30H,2,5-6,12-13,18,20H2,(H,31,34). The minimum Gasteiger partial charge on any atom is -0.467 e. The van der Waals surface area contributed by atoms with Crippen LogP contribution in [-0.2, 0) is 22.6 Å². The number of amides is 2. The summed E-state index contributed by atoms with van der Waals surface area (Å²) in [6.07, 6.45) is 9.00. The average Bonchev–Trinajstić information content (AvgIpc) is 3.56. The molecule has 180 valence electrons. The van der Waals surface area contributed by atoms with E-state index in [0.29, 0.717) is 12.3 Å². The van der Waals surface area contributed by atoms with Crippen LogP contribution >= 0.6 is 0 Å². The summed E-state index contributed by atoms with van der Waals surface area (Å²) in [6, 6.07) is 20.6. The van der Waals surface area contributed by atoms with Gasteiger partial charge in [0, 0.05) is 29.7 Å². The van der Waals surface area contributed by atoms with Crippen LogP contribution in [0.1, 0.15) is 55.0 Å². The number of nitrogens with one attached hydrogen (secondary N) is 2. The molecule has 5 rings (SSSR count). The fraction of sp³-hybridized carbons (Fsp3) is 0.310. The van der Waals surface area contributed by atoms with Crippen molar-refractivity contribution in [3.8, 4) is 0 Å². The minimum atomic E-state index is -0.843. The van der Waals surface area contributed by atoms with Gasteiger partial charge in [-0.15, -0.1) is 0 Å². The fourth-order valence-corrected chi connectivity index (χ4v) is 5.04. The second-order valence-corrected chi connectivity index (χ2v) is 9.30. The van der Waals surface area contributed by atoms with E-state index in [1.807, 2.05) is 60.8 Å². The van der Waals surface area contributed by atoms with E-state index in [2.05, 4.69) is 10.3 Å². The third kappa shape index (κ3) is 5.32. The first-order chi connectivity index (χ1) is 17.2. The van der Waals surface area contributed by atoms with Crippen molar-refractivity contribution in [3.05, 3.63) is 96.1 Å². The normalized spacial score (nSPS) is 15.1. The Hall–Kier alpha value is -3.80. The number of hydrogen-bond acceptors (Lipinski definition) is 3. The topological polar surface area (TPSA) is 78.3 Å². The summed E-state index contributed by atoms with van der Waals surface area (Å²) in [5.41, 5.74) is 2.86. The summed E-state index contributed by atoms with van der Waals surface area (Å²) in [5.74, 6) is 0.162. The summed E-state index contributed by atoms with van der Waals surface area (Å²) in [4.78, 5) is 32.5. The number of furan rings is 1. The highest BCUT2D eigenvalue weighted by Gasteiger charge is 2.35. The molecule has 1 saturated carbocycles. The maximum atomic E-state index is 13.9. The molecule has 2 aromatic carbocycles. The molecule has 1 fully saturated rings. The Morgan fingerprint density at radius 3 is 2.51 bits per heavy atom. The number of H-pyrrole nitrogens is 1. The molecule has 6 nitrogen and oxygen atoms in total. The average molecular weight is 470 g/mol. The quantitative estimate of drug-likeness (QED) is 0.357. The van der Waals surface area contributed by atoms with Crippen molar-refractivity contribution in [2.45, 2.75) is 57.2 Å². The van der Waals surface area contributed by atoms with Crippen LogP contribution in [0.5, 0.6) is 0 Å². The monoisotopic (exact) mass is 469 g/mol. The SMILES string of the molecule is O=C(NC1CCCCC1)C(c1ccco1)N(Cc1ccccc1)C(=O)Cc1c[nH]c2ccccc12. The van der Waals surface area contributed by atoms with Crippen LogP contribution in [0.2, 0.25) is 0 Å². The van der Waals surface area contributed by atoms with Gasteiger partial charge in [-0.25, -0.2) is 0 Å². The predicted molar refractivity (Wildman–Crippen MR) is 135 cm³/mol. The van der Waals surface area contributed by atoms with Crippen molar-refractivity contribution in [1.29, 1.82) is 0 Å². The van der Waals surface area contributed by atoms with Gasteiger partial charge in [0.2, 0.25) is 5.91 Å². The summed E-state index contributed by atoms with van der Waals surface area (Å²) >= 11 is 0. The zero-order valence-corrected chi connectivity index (χ0v) is 19.8. The van der Waals surface area contributed by atoms with Gasteiger partial charge >= 0.3 is 0 Å². The first kappa shape index (κ1) is 23.0. The number of benzene rings is 2. The Morgan fingerprint density at radius 1 is 0.971 bits per heavy atom. The first-order valence-electron chi connectivity index (χ1n) is 12.4. The smallest absolute Gasteiger partial charge is 0.250 e. The second kappa shape index (κ2) is 10.6. The number of nitrogens with zero attached hydrogens (tertiary/aromatic N) is 1. The van der Waals surface area contributed by atoms with Crippen molar-refractivity contribution in [1.82, 2.24) is 15.2 Å². The third-order valence-corrected chi connectivity index (χ3v) is 6.86. The molecular weight excluding hydrogens is 438 g/mol. The van der Waals surface area contributed by atoms with E-state index in [4.69, 9.17) is 4.42 Å². The fourth-order valence-electron chi connectivity index (χ4n) is 5.04. The van der Waals surface area contributed by atoms with Gasteiger partial charge in [0.15, 0.2) is 6.04 Å². The molecule has 0 radical (unpaired) electrons. The van der Waals surface area contributed by atoms with Gasteiger partial charge in [-0.05, 0) is 42.2 Å². The lowest BCUT2D eigenvalue weighted by Crippen LogP contribution is -2.47. The van der Waals surface area contributed by atoms with E-state index in [9.17, 15) is 9.59 Å². The Balaban J connectivity index is 1.47. The highest BCUT2D eigenvalue weighted by Crippen LogP contribution is 2.28. The second-order valence-electron chi connectivity index (χ2n) is 9.30. The molecule has 2 amide bonds. The number of aromatic amines is 1. The number of fused-ring (bicyclic) bond motifs is 1. The van der Waals surface area contributed by atoms with Gasteiger partial charge < -0.3 is 19.6 Å². The van der Waals surface area contributed by atoms with Crippen LogP contribution in [0.15, 0.2) is 83.6 Å². The Labute approximate surface area is 205 Å². The molecular formula is C29H31N3O3. The van der Waals surface area contributed by atoms with E-state index < -0.39 is 6.04 Å². The van der Waals surface area contributed by atoms with Crippen molar-refractivity contribution < 1.29 is 14.0 Å². The maximum Gasteiger partial charge on any atom is 0.250 e. The van der Waals surface area contributed by atoms with Crippen LogP contribution in [-0.4, -0.2) is 27.7 Å². The maximum absolute atomic E-state index is 13.9. The van der Waals surface area contributed by atoms with E-state index >= 15 is 0 Å². The number of carbonyl (C=O) groups excluding carboxylic acids is 2. The molecule has 1 unspecified atom stereocenters. The molecule has 1 aliphatic rings. The Morgan fingerprint density at radius 2 is 1.74 bits per heavy atom. The molecule has 35 heavy (non-hydrogen) atoms. The molecule has 2 aromatic heterocycles. The van der Waals surface area contributed by atoms with Crippen LogP contribution in [0.3, 0.4) is 0 Å². The van der Waals surface area contributed by atoms with Crippen LogP contribution in [0.25, 0.3) is 10.9 Å². The van der Waals surface area contributed by atoms with Gasteiger partial charge in [-0.1, -0.05) is 67.8 Å². The van der Waals surface area contributed by atoms with Gasteiger partial charge in [-0.2, -0.15) is 0 Å². The number of hydrogen-bond donors (Lipinski definition) is 2. The van der Waals surface area contributed by atoms with Crippen molar-refractivity contribution in [2.24, 2.45) is 0 Å². The molecule has 0 saturated heterocycles. The lowest BCUT2D eigenvalue weighted by atomic mass is 9.95. The van der Waals surface area contributed by atoms with Crippen LogP contribution in [0, 0.1) is 0 Å². The largest absolute Gasteiger partial charge is 0.467 e. The van der Waals surface area contributed by atoms with E-state index in [-0.39, 0.29) is 24.3 Å². The highest BCUT2D eigenvalue weighted by atomic mass is 16.3. The summed E-state index contributed by atoms with van der Waals surface area (Å²) in [7, 11) is 0. The zero-order valence-electron chi connectivity index (χ0n) is 19.8. The molecule has 6 heteroatoms. The molecule has 0 spiro atoms. The van der Waals surface area contributed by atoms with Crippen molar-refractivity contribution in [3.63, 3.8) is 0 Å².